The van der Waals surface area contributed by atoms with Crippen LogP contribution in [0.25, 0.3) is 10.8 Å². The zero-order valence-corrected chi connectivity index (χ0v) is 14.7. The molecule has 0 aliphatic heterocycles. The molecule has 0 bridgehead atoms. The molecule has 0 saturated carbocycles. The highest BCUT2D eigenvalue weighted by atomic mass is 16.2. The molecule has 2 amide bonds. The summed E-state index contributed by atoms with van der Waals surface area (Å²) in [5.74, 6) is -0.853. The maximum absolute atomic E-state index is 12.4. The number of hydrogen-bond acceptors (Lipinski definition) is 3. The molecular weight excluding hydrogens is 338 g/mol. The third kappa shape index (κ3) is 4.71. The molecule has 0 aliphatic rings. The van der Waals surface area contributed by atoms with Gasteiger partial charge in [-0.1, -0.05) is 54.6 Å². The van der Waals surface area contributed by atoms with E-state index in [9.17, 15) is 9.59 Å². The molecular formula is C22H19N3O2. The number of amides is 2. The number of rotatable bonds is 6. The van der Waals surface area contributed by atoms with Crippen molar-refractivity contribution in [3.8, 4) is 6.07 Å². The highest BCUT2D eigenvalue weighted by molar-refractivity contribution is 5.89. The Morgan fingerprint density at radius 3 is 2.30 bits per heavy atom. The molecule has 1 atom stereocenters. The lowest BCUT2D eigenvalue weighted by atomic mass is 10.0. The van der Waals surface area contributed by atoms with Crippen LogP contribution in [-0.2, 0) is 22.4 Å². The van der Waals surface area contributed by atoms with E-state index in [1.165, 1.54) is 0 Å². The van der Waals surface area contributed by atoms with E-state index < -0.39 is 11.9 Å². The van der Waals surface area contributed by atoms with Crippen molar-refractivity contribution in [2.75, 3.05) is 0 Å². The van der Waals surface area contributed by atoms with Crippen LogP contribution < -0.4 is 11.1 Å². The predicted molar refractivity (Wildman–Crippen MR) is 104 cm³/mol. The monoisotopic (exact) mass is 357 g/mol. The molecule has 0 heterocycles. The Hall–Kier alpha value is -3.65. The summed E-state index contributed by atoms with van der Waals surface area (Å²) in [7, 11) is 0. The Labute approximate surface area is 157 Å². The number of carbonyl (C=O) groups excluding carboxylic acids is 2. The number of carbonyl (C=O) groups is 2. The average molecular weight is 357 g/mol. The van der Waals surface area contributed by atoms with Gasteiger partial charge in [0.15, 0.2) is 0 Å². The van der Waals surface area contributed by atoms with E-state index in [0.29, 0.717) is 5.56 Å². The number of hydrogen-bond donors (Lipinski definition) is 2. The number of nitrogens with zero attached hydrogens (tertiary/aromatic N) is 1. The Kier molecular flexibility index (Phi) is 5.48. The molecule has 3 N–H and O–H groups in total. The molecule has 5 nitrogen and oxygen atoms in total. The number of fused-ring (bicyclic) bond motifs is 1. The first-order chi connectivity index (χ1) is 13.0. The minimum absolute atomic E-state index is 0.169. The predicted octanol–water partition coefficient (Wildman–Crippen LogP) is 2.47. The van der Waals surface area contributed by atoms with Crippen molar-refractivity contribution in [1.82, 2.24) is 5.32 Å². The van der Waals surface area contributed by atoms with E-state index in [4.69, 9.17) is 11.0 Å². The summed E-state index contributed by atoms with van der Waals surface area (Å²) in [6.45, 7) is 0. The van der Waals surface area contributed by atoms with Crippen LogP contribution in [0.5, 0.6) is 0 Å². The second-order valence-corrected chi connectivity index (χ2v) is 6.39. The van der Waals surface area contributed by atoms with Crippen molar-refractivity contribution in [3.05, 3.63) is 83.4 Å². The number of nitrogens with two attached hydrogens (primary N) is 1. The van der Waals surface area contributed by atoms with Crippen LogP contribution in [0.15, 0.2) is 66.7 Å². The number of primary amides is 1. The van der Waals surface area contributed by atoms with Crippen LogP contribution in [0, 0.1) is 11.3 Å². The lowest BCUT2D eigenvalue weighted by Crippen LogP contribution is -2.46. The third-order valence-corrected chi connectivity index (χ3v) is 4.38. The fraction of sp³-hybridized carbons (Fsp3) is 0.136. The maximum atomic E-state index is 12.4. The summed E-state index contributed by atoms with van der Waals surface area (Å²) in [5.41, 5.74) is 7.68. The smallest absolute Gasteiger partial charge is 0.240 e. The molecule has 5 heteroatoms. The minimum Gasteiger partial charge on any atom is -0.368 e. The van der Waals surface area contributed by atoms with E-state index in [0.717, 1.165) is 21.9 Å². The summed E-state index contributed by atoms with van der Waals surface area (Å²) < 4.78 is 0. The zero-order valence-electron chi connectivity index (χ0n) is 14.7. The molecule has 0 unspecified atom stereocenters. The Morgan fingerprint density at radius 2 is 1.63 bits per heavy atom. The number of benzene rings is 3. The quantitative estimate of drug-likeness (QED) is 0.709. The Bertz CT molecular complexity index is 1020. The first kappa shape index (κ1) is 18.2. The molecule has 3 aromatic carbocycles. The van der Waals surface area contributed by atoms with Crippen molar-refractivity contribution >= 4 is 22.6 Å². The first-order valence-corrected chi connectivity index (χ1v) is 8.60. The Balaban J connectivity index is 1.66. The molecule has 0 saturated heterocycles. The van der Waals surface area contributed by atoms with Gasteiger partial charge in [0.05, 0.1) is 18.1 Å². The van der Waals surface area contributed by atoms with Gasteiger partial charge in [-0.2, -0.15) is 5.26 Å². The van der Waals surface area contributed by atoms with Crippen LogP contribution in [0.2, 0.25) is 0 Å². The van der Waals surface area contributed by atoms with Crippen molar-refractivity contribution in [3.63, 3.8) is 0 Å². The van der Waals surface area contributed by atoms with Gasteiger partial charge in [0.2, 0.25) is 11.8 Å². The fourth-order valence-corrected chi connectivity index (χ4v) is 2.95. The van der Waals surface area contributed by atoms with Gasteiger partial charge < -0.3 is 11.1 Å². The normalized spacial score (nSPS) is 11.5. The molecule has 0 aromatic heterocycles. The van der Waals surface area contributed by atoms with Gasteiger partial charge in [-0.25, -0.2) is 0 Å². The lowest BCUT2D eigenvalue weighted by molar-refractivity contribution is -0.127. The molecule has 27 heavy (non-hydrogen) atoms. The van der Waals surface area contributed by atoms with E-state index in [2.05, 4.69) is 5.32 Å². The molecule has 0 aliphatic carbocycles. The lowest BCUT2D eigenvalue weighted by Gasteiger charge is -2.16. The van der Waals surface area contributed by atoms with Gasteiger partial charge >= 0.3 is 0 Å². The van der Waals surface area contributed by atoms with Gasteiger partial charge in [-0.05, 0) is 34.0 Å². The molecule has 3 rings (SSSR count). The van der Waals surface area contributed by atoms with Crippen LogP contribution in [0.3, 0.4) is 0 Å². The summed E-state index contributed by atoms with van der Waals surface area (Å²) in [5, 5.41) is 13.7. The van der Waals surface area contributed by atoms with E-state index >= 15 is 0 Å². The van der Waals surface area contributed by atoms with Gasteiger partial charge in [-0.15, -0.1) is 0 Å². The zero-order chi connectivity index (χ0) is 19.2. The van der Waals surface area contributed by atoms with Crippen molar-refractivity contribution in [1.29, 1.82) is 5.26 Å². The number of nitriles is 1. The standard InChI is InChI=1S/C22H19N3O2/c23-14-16-7-5-15(6-8-16)12-20(22(24)27)25-21(26)13-17-9-10-18-3-1-2-4-19(18)11-17/h1-11,20H,12-13H2,(H2,24,27)(H,25,26)/t20-/m1/s1. The Morgan fingerprint density at radius 1 is 0.963 bits per heavy atom. The third-order valence-electron chi connectivity index (χ3n) is 4.38. The molecule has 3 aromatic rings. The van der Waals surface area contributed by atoms with E-state index in [1.54, 1.807) is 24.3 Å². The molecule has 0 spiro atoms. The SMILES string of the molecule is N#Cc1ccc(C[C@@H](NC(=O)Cc2ccc3ccccc3c2)C(N)=O)cc1. The van der Waals surface area contributed by atoms with Crippen LogP contribution in [0.4, 0.5) is 0 Å². The maximum Gasteiger partial charge on any atom is 0.240 e. The van der Waals surface area contributed by atoms with Gasteiger partial charge in [0.1, 0.15) is 6.04 Å². The van der Waals surface area contributed by atoms with Gasteiger partial charge in [-0.3, -0.25) is 9.59 Å². The summed E-state index contributed by atoms with van der Waals surface area (Å²) in [6.07, 6.45) is 0.451. The van der Waals surface area contributed by atoms with Crippen molar-refractivity contribution < 1.29 is 9.59 Å². The van der Waals surface area contributed by atoms with Crippen LogP contribution in [-0.4, -0.2) is 17.9 Å². The second kappa shape index (κ2) is 8.15. The van der Waals surface area contributed by atoms with E-state index in [-0.39, 0.29) is 18.7 Å². The van der Waals surface area contributed by atoms with Gasteiger partial charge in [0.25, 0.3) is 0 Å². The first-order valence-electron chi connectivity index (χ1n) is 8.60. The van der Waals surface area contributed by atoms with E-state index in [1.807, 2.05) is 48.5 Å². The topological polar surface area (TPSA) is 96.0 Å². The molecule has 0 fully saturated rings. The summed E-state index contributed by atoms with van der Waals surface area (Å²) in [4.78, 5) is 24.1. The number of nitrogens with one attached hydrogen (secondary N) is 1. The summed E-state index contributed by atoms with van der Waals surface area (Å²) >= 11 is 0. The highest BCUT2D eigenvalue weighted by Gasteiger charge is 2.19. The fourth-order valence-electron chi connectivity index (χ4n) is 2.95. The largest absolute Gasteiger partial charge is 0.368 e. The van der Waals surface area contributed by atoms with Crippen molar-refractivity contribution in [2.24, 2.45) is 5.73 Å². The molecule has 0 radical (unpaired) electrons. The average Bonchev–Trinajstić information content (AvgIpc) is 2.68. The van der Waals surface area contributed by atoms with Gasteiger partial charge in [0, 0.05) is 6.42 Å². The van der Waals surface area contributed by atoms with Crippen molar-refractivity contribution in [2.45, 2.75) is 18.9 Å². The van der Waals surface area contributed by atoms with Crippen LogP contribution in [0.1, 0.15) is 16.7 Å². The minimum atomic E-state index is -0.800. The summed E-state index contributed by atoms with van der Waals surface area (Å²) in [6, 6.07) is 21.9. The highest BCUT2D eigenvalue weighted by Crippen LogP contribution is 2.16. The van der Waals surface area contributed by atoms with Crippen LogP contribution >= 0.6 is 0 Å². The second-order valence-electron chi connectivity index (χ2n) is 6.39. The molecule has 134 valence electrons.